The zero-order valence-electron chi connectivity index (χ0n) is 10.9. The van der Waals surface area contributed by atoms with Crippen molar-refractivity contribution in [3.05, 3.63) is 0 Å². The van der Waals surface area contributed by atoms with Crippen LogP contribution in [0, 0.1) is 0 Å². The lowest BCUT2D eigenvalue weighted by molar-refractivity contribution is -0.133. The monoisotopic (exact) mass is 240 g/mol. The van der Waals surface area contributed by atoms with Gasteiger partial charge in [-0.25, -0.2) is 0 Å². The molecule has 0 bridgehead atoms. The van der Waals surface area contributed by atoms with Gasteiger partial charge in [-0.2, -0.15) is 0 Å². The molecule has 2 fully saturated rings. The van der Waals surface area contributed by atoms with Gasteiger partial charge in [-0.1, -0.05) is 19.8 Å². The molecule has 3 unspecified atom stereocenters. The highest BCUT2D eigenvalue weighted by molar-refractivity contribution is 5.84. The van der Waals surface area contributed by atoms with Gasteiger partial charge >= 0.3 is 0 Å². The van der Waals surface area contributed by atoms with Crippen LogP contribution in [0.15, 0.2) is 0 Å². The van der Waals surface area contributed by atoms with Crippen molar-refractivity contribution in [3.63, 3.8) is 0 Å². The standard InChI is InChI=1S/C13H24N2O2/c1-3-4-6-11-13(16)15(9-14-11)10(2)12-7-5-8-17-12/h10-12,14H,3-9H2,1-2H3. The van der Waals surface area contributed by atoms with Crippen molar-refractivity contribution in [2.75, 3.05) is 13.3 Å². The molecule has 0 radical (unpaired) electrons. The molecule has 2 heterocycles. The van der Waals surface area contributed by atoms with Gasteiger partial charge in [-0.3, -0.25) is 10.1 Å². The van der Waals surface area contributed by atoms with Crippen molar-refractivity contribution in [1.29, 1.82) is 0 Å². The number of rotatable bonds is 5. The molecule has 17 heavy (non-hydrogen) atoms. The average molecular weight is 240 g/mol. The third-order valence-electron chi connectivity index (χ3n) is 3.93. The summed E-state index contributed by atoms with van der Waals surface area (Å²) in [5.74, 6) is 0.265. The Morgan fingerprint density at radius 2 is 2.41 bits per heavy atom. The van der Waals surface area contributed by atoms with Crippen molar-refractivity contribution in [2.45, 2.75) is 64.1 Å². The first-order valence-electron chi connectivity index (χ1n) is 6.89. The molecule has 0 aromatic heterocycles. The highest BCUT2D eigenvalue weighted by atomic mass is 16.5. The van der Waals surface area contributed by atoms with E-state index in [0.717, 1.165) is 38.7 Å². The molecule has 1 N–H and O–H groups in total. The first kappa shape index (κ1) is 12.8. The SMILES string of the molecule is CCCCC1NCN(C(C)C2CCCO2)C1=O. The minimum absolute atomic E-state index is 0.0406. The highest BCUT2D eigenvalue weighted by Gasteiger charge is 2.37. The number of hydrogen-bond donors (Lipinski definition) is 1. The van der Waals surface area contributed by atoms with Gasteiger partial charge in [0.05, 0.1) is 24.9 Å². The average Bonchev–Trinajstić information content (AvgIpc) is 2.95. The van der Waals surface area contributed by atoms with E-state index >= 15 is 0 Å². The van der Waals surface area contributed by atoms with Gasteiger partial charge in [-0.15, -0.1) is 0 Å². The second-order valence-corrected chi connectivity index (χ2v) is 5.16. The van der Waals surface area contributed by atoms with E-state index in [-0.39, 0.29) is 24.1 Å². The Morgan fingerprint density at radius 3 is 3.06 bits per heavy atom. The summed E-state index contributed by atoms with van der Waals surface area (Å²) < 4.78 is 5.67. The van der Waals surface area contributed by atoms with E-state index in [0.29, 0.717) is 6.67 Å². The highest BCUT2D eigenvalue weighted by Crippen LogP contribution is 2.22. The number of unbranched alkanes of at least 4 members (excludes halogenated alkanes) is 1. The molecule has 2 rings (SSSR count). The maximum Gasteiger partial charge on any atom is 0.241 e. The number of carbonyl (C=O) groups is 1. The third kappa shape index (κ3) is 2.80. The summed E-state index contributed by atoms with van der Waals surface area (Å²) in [5.41, 5.74) is 0. The summed E-state index contributed by atoms with van der Waals surface area (Å²) in [4.78, 5) is 14.2. The Kier molecular flexibility index (Phi) is 4.40. The minimum atomic E-state index is 0.0406. The summed E-state index contributed by atoms with van der Waals surface area (Å²) in [6.07, 6.45) is 5.68. The Balaban J connectivity index is 1.87. The van der Waals surface area contributed by atoms with Crippen LogP contribution in [0.2, 0.25) is 0 Å². The summed E-state index contributed by atoms with van der Waals surface area (Å²) in [5, 5.41) is 3.32. The topological polar surface area (TPSA) is 41.6 Å². The Bertz CT molecular complexity index is 264. The van der Waals surface area contributed by atoms with Gasteiger partial charge in [0.1, 0.15) is 0 Å². The van der Waals surface area contributed by atoms with E-state index in [4.69, 9.17) is 4.74 Å². The maximum absolute atomic E-state index is 12.2. The largest absolute Gasteiger partial charge is 0.376 e. The van der Waals surface area contributed by atoms with Crippen LogP contribution < -0.4 is 5.32 Å². The second kappa shape index (κ2) is 5.83. The molecule has 2 aliphatic heterocycles. The number of nitrogens with one attached hydrogen (secondary N) is 1. The van der Waals surface area contributed by atoms with Crippen LogP contribution in [0.25, 0.3) is 0 Å². The molecule has 2 aliphatic rings. The number of ether oxygens (including phenoxy) is 1. The van der Waals surface area contributed by atoms with E-state index in [1.807, 2.05) is 4.90 Å². The number of carbonyl (C=O) groups excluding carboxylic acids is 1. The molecule has 0 aromatic carbocycles. The van der Waals surface area contributed by atoms with Crippen molar-refractivity contribution in [3.8, 4) is 0 Å². The molecular weight excluding hydrogens is 216 g/mol. The Hall–Kier alpha value is -0.610. The molecule has 4 heteroatoms. The molecule has 3 atom stereocenters. The minimum Gasteiger partial charge on any atom is -0.376 e. The van der Waals surface area contributed by atoms with Crippen LogP contribution in [0.5, 0.6) is 0 Å². The number of nitrogens with zero attached hydrogens (tertiary/aromatic N) is 1. The van der Waals surface area contributed by atoms with Gasteiger partial charge in [0.2, 0.25) is 5.91 Å². The lowest BCUT2D eigenvalue weighted by Gasteiger charge is -2.28. The van der Waals surface area contributed by atoms with Crippen molar-refractivity contribution in [2.24, 2.45) is 0 Å². The smallest absolute Gasteiger partial charge is 0.241 e. The predicted molar refractivity (Wildman–Crippen MR) is 66.6 cm³/mol. The summed E-state index contributed by atoms with van der Waals surface area (Å²) in [6.45, 7) is 5.81. The summed E-state index contributed by atoms with van der Waals surface area (Å²) >= 11 is 0. The van der Waals surface area contributed by atoms with Crippen LogP contribution in [-0.4, -0.2) is 42.3 Å². The first-order valence-corrected chi connectivity index (χ1v) is 6.89. The zero-order valence-corrected chi connectivity index (χ0v) is 10.9. The van der Waals surface area contributed by atoms with Gasteiger partial charge in [-0.05, 0) is 26.2 Å². The normalized spacial score (nSPS) is 31.2. The fourth-order valence-electron chi connectivity index (χ4n) is 2.74. The van der Waals surface area contributed by atoms with Crippen molar-refractivity contribution < 1.29 is 9.53 Å². The van der Waals surface area contributed by atoms with Crippen LogP contribution in [0.4, 0.5) is 0 Å². The molecule has 98 valence electrons. The Morgan fingerprint density at radius 1 is 1.59 bits per heavy atom. The van der Waals surface area contributed by atoms with Gasteiger partial charge in [0.15, 0.2) is 0 Å². The predicted octanol–water partition coefficient (Wildman–Crippen LogP) is 1.50. The van der Waals surface area contributed by atoms with Crippen LogP contribution in [0.3, 0.4) is 0 Å². The molecule has 4 nitrogen and oxygen atoms in total. The van der Waals surface area contributed by atoms with E-state index < -0.39 is 0 Å². The van der Waals surface area contributed by atoms with E-state index in [1.54, 1.807) is 0 Å². The molecule has 1 amide bonds. The summed E-state index contributed by atoms with van der Waals surface area (Å²) in [7, 11) is 0. The first-order chi connectivity index (χ1) is 8.24. The zero-order chi connectivity index (χ0) is 12.3. The van der Waals surface area contributed by atoms with Crippen LogP contribution in [0.1, 0.15) is 46.0 Å². The van der Waals surface area contributed by atoms with E-state index in [2.05, 4.69) is 19.2 Å². The molecule has 0 aromatic rings. The lowest BCUT2D eigenvalue weighted by Crippen LogP contribution is -2.43. The third-order valence-corrected chi connectivity index (χ3v) is 3.93. The number of hydrogen-bond acceptors (Lipinski definition) is 3. The van der Waals surface area contributed by atoms with Crippen molar-refractivity contribution in [1.82, 2.24) is 10.2 Å². The fraction of sp³-hybridized carbons (Fsp3) is 0.923. The molecule has 0 saturated carbocycles. The van der Waals surface area contributed by atoms with Crippen LogP contribution in [-0.2, 0) is 9.53 Å². The molecule has 0 aliphatic carbocycles. The molecular formula is C13H24N2O2. The van der Waals surface area contributed by atoms with E-state index in [1.165, 1.54) is 0 Å². The van der Waals surface area contributed by atoms with Gasteiger partial charge < -0.3 is 9.64 Å². The second-order valence-electron chi connectivity index (χ2n) is 5.16. The lowest BCUT2D eigenvalue weighted by atomic mass is 10.1. The quantitative estimate of drug-likeness (QED) is 0.792. The number of amides is 1. The van der Waals surface area contributed by atoms with Gasteiger partial charge in [0, 0.05) is 6.61 Å². The molecule has 2 saturated heterocycles. The fourth-order valence-corrected chi connectivity index (χ4v) is 2.74. The summed E-state index contributed by atoms with van der Waals surface area (Å²) in [6, 6.07) is 0.253. The van der Waals surface area contributed by atoms with Crippen molar-refractivity contribution >= 4 is 5.91 Å². The molecule has 0 spiro atoms. The van der Waals surface area contributed by atoms with Gasteiger partial charge in [0.25, 0.3) is 0 Å². The Labute approximate surface area is 104 Å². The maximum atomic E-state index is 12.2. The van der Waals surface area contributed by atoms with Crippen LogP contribution >= 0.6 is 0 Å². The van der Waals surface area contributed by atoms with E-state index in [9.17, 15) is 4.79 Å².